The molecule has 0 bridgehead atoms. The van der Waals surface area contributed by atoms with Gasteiger partial charge in [0.1, 0.15) is 0 Å². The van der Waals surface area contributed by atoms with Gasteiger partial charge >= 0.3 is 0 Å². The molecule has 92 valence electrons. The molecule has 1 aromatic rings. The molecule has 1 nitrogen and oxygen atoms in total. The zero-order chi connectivity index (χ0) is 12.1. The monoisotopic (exact) mass is 303 g/mol. The van der Waals surface area contributed by atoms with Crippen molar-refractivity contribution in [2.24, 2.45) is 11.8 Å². The van der Waals surface area contributed by atoms with Crippen molar-refractivity contribution in [3.05, 3.63) is 20.8 Å². The predicted molar refractivity (Wildman–Crippen MR) is 77.1 cm³/mol. The summed E-state index contributed by atoms with van der Waals surface area (Å²) in [5, 5.41) is 5.83. The lowest BCUT2D eigenvalue weighted by Gasteiger charge is -2.27. The summed E-state index contributed by atoms with van der Waals surface area (Å²) in [7, 11) is 0. The quantitative estimate of drug-likeness (QED) is 0.792. The molecule has 2 atom stereocenters. The Morgan fingerprint density at radius 1 is 1.38 bits per heavy atom. The first-order valence-corrected chi connectivity index (χ1v) is 7.71. The normalized spacial score (nSPS) is 15.4. The molecule has 0 saturated carbocycles. The van der Waals surface area contributed by atoms with Crippen molar-refractivity contribution in [1.29, 1.82) is 0 Å². The molecule has 0 aromatic carbocycles. The van der Waals surface area contributed by atoms with E-state index in [4.69, 9.17) is 0 Å². The first-order valence-electron chi connectivity index (χ1n) is 6.04. The van der Waals surface area contributed by atoms with E-state index in [2.05, 4.69) is 60.4 Å². The molecule has 2 unspecified atom stereocenters. The molecule has 0 amide bonds. The Morgan fingerprint density at radius 3 is 2.50 bits per heavy atom. The lowest BCUT2D eigenvalue weighted by molar-refractivity contribution is 0.307. The van der Waals surface area contributed by atoms with E-state index in [9.17, 15) is 0 Å². The first-order chi connectivity index (χ1) is 7.57. The lowest BCUT2D eigenvalue weighted by Crippen LogP contribution is -2.29. The van der Waals surface area contributed by atoms with Crippen LogP contribution in [-0.2, 0) is 0 Å². The summed E-state index contributed by atoms with van der Waals surface area (Å²) in [5.74, 6) is 1.35. The third-order valence-corrected chi connectivity index (χ3v) is 5.07. The summed E-state index contributed by atoms with van der Waals surface area (Å²) in [6, 6.07) is 2.63. The highest BCUT2D eigenvalue weighted by molar-refractivity contribution is 9.10. The standard InChI is InChI=1S/C13H22BrNS/c1-5-7-15-12(10(4)9(2)3)13-11(14)6-8-16-13/h6,8-10,12,15H,5,7H2,1-4H3. The Kier molecular flexibility index (Phi) is 6.01. The zero-order valence-electron chi connectivity index (χ0n) is 10.6. The van der Waals surface area contributed by atoms with Gasteiger partial charge in [-0.3, -0.25) is 0 Å². The highest BCUT2D eigenvalue weighted by atomic mass is 79.9. The number of halogens is 1. The summed E-state index contributed by atoms with van der Waals surface area (Å²) in [6.45, 7) is 10.2. The molecule has 0 aliphatic heterocycles. The summed E-state index contributed by atoms with van der Waals surface area (Å²) in [6.07, 6.45) is 1.18. The third kappa shape index (κ3) is 3.57. The fourth-order valence-electron chi connectivity index (χ4n) is 1.73. The second kappa shape index (κ2) is 6.77. The van der Waals surface area contributed by atoms with Crippen molar-refractivity contribution >= 4 is 27.3 Å². The van der Waals surface area contributed by atoms with Crippen LogP contribution in [0.5, 0.6) is 0 Å². The minimum absolute atomic E-state index is 0.481. The van der Waals surface area contributed by atoms with Gasteiger partial charge in [0.2, 0.25) is 0 Å². The van der Waals surface area contributed by atoms with Crippen LogP contribution in [0.2, 0.25) is 0 Å². The Hall–Kier alpha value is 0.140. The molecule has 0 aliphatic rings. The first kappa shape index (κ1) is 14.2. The lowest BCUT2D eigenvalue weighted by atomic mass is 9.89. The van der Waals surface area contributed by atoms with Gasteiger partial charge in [0.15, 0.2) is 0 Å². The van der Waals surface area contributed by atoms with Crippen LogP contribution in [0.4, 0.5) is 0 Å². The third-order valence-electron chi connectivity index (χ3n) is 3.12. The van der Waals surface area contributed by atoms with Gasteiger partial charge in [0.25, 0.3) is 0 Å². The molecule has 1 aromatic heterocycles. The van der Waals surface area contributed by atoms with Crippen LogP contribution in [0.3, 0.4) is 0 Å². The summed E-state index contributed by atoms with van der Waals surface area (Å²) < 4.78 is 1.25. The minimum Gasteiger partial charge on any atom is -0.309 e. The fourth-order valence-corrected chi connectivity index (χ4v) is 3.54. The van der Waals surface area contributed by atoms with Crippen molar-refractivity contribution in [2.75, 3.05) is 6.54 Å². The summed E-state index contributed by atoms with van der Waals surface area (Å²) in [4.78, 5) is 1.44. The highest BCUT2D eigenvalue weighted by Crippen LogP contribution is 2.35. The van der Waals surface area contributed by atoms with Crippen LogP contribution in [0, 0.1) is 11.8 Å². The van der Waals surface area contributed by atoms with Crippen LogP contribution >= 0.6 is 27.3 Å². The minimum atomic E-state index is 0.481. The molecular weight excluding hydrogens is 282 g/mol. The Balaban J connectivity index is 2.83. The zero-order valence-corrected chi connectivity index (χ0v) is 13.0. The Bertz CT molecular complexity index is 309. The molecule has 0 radical (unpaired) electrons. The van der Waals surface area contributed by atoms with Crippen LogP contribution in [0.1, 0.15) is 45.0 Å². The number of nitrogens with one attached hydrogen (secondary N) is 1. The largest absolute Gasteiger partial charge is 0.309 e. The van der Waals surface area contributed by atoms with E-state index in [0.717, 1.165) is 6.54 Å². The van der Waals surface area contributed by atoms with Crippen molar-refractivity contribution in [3.8, 4) is 0 Å². The van der Waals surface area contributed by atoms with Crippen LogP contribution in [0.25, 0.3) is 0 Å². The van der Waals surface area contributed by atoms with E-state index in [0.29, 0.717) is 17.9 Å². The van der Waals surface area contributed by atoms with E-state index in [1.165, 1.54) is 15.8 Å². The molecule has 0 fully saturated rings. The number of hydrogen-bond donors (Lipinski definition) is 1. The maximum absolute atomic E-state index is 3.67. The van der Waals surface area contributed by atoms with Gasteiger partial charge < -0.3 is 5.32 Å². The SMILES string of the molecule is CCCNC(c1sccc1Br)C(C)C(C)C. The number of rotatable bonds is 6. The Labute approximate surface area is 112 Å². The van der Waals surface area contributed by atoms with Crippen LogP contribution in [0.15, 0.2) is 15.9 Å². The van der Waals surface area contributed by atoms with Gasteiger partial charge in [0.05, 0.1) is 0 Å². The van der Waals surface area contributed by atoms with Crippen molar-refractivity contribution in [3.63, 3.8) is 0 Å². The maximum Gasteiger partial charge on any atom is 0.0454 e. The molecule has 0 aliphatic carbocycles. The van der Waals surface area contributed by atoms with Gasteiger partial charge in [-0.1, -0.05) is 27.7 Å². The Morgan fingerprint density at radius 2 is 2.06 bits per heavy atom. The average Bonchev–Trinajstić information content (AvgIpc) is 2.65. The molecule has 0 saturated heterocycles. The molecular formula is C13H22BrNS. The van der Waals surface area contributed by atoms with E-state index < -0.39 is 0 Å². The van der Waals surface area contributed by atoms with Crippen molar-refractivity contribution in [2.45, 2.75) is 40.2 Å². The van der Waals surface area contributed by atoms with E-state index in [1.54, 1.807) is 0 Å². The van der Waals surface area contributed by atoms with E-state index >= 15 is 0 Å². The van der Waals surface area contributed by atoms with E-state index in [-0.39, 0.29) is 0 Å². The van der Waals surface area contributed by atoms with Crippen LogP contribution in [-0.4, -0.2) is 6.54 Å². The molecule has 1 rings (SSSR count). The van der Waals surface area contributed by atoms with Crippen LogP contribution < -0.4 is 5.32 Å². The van der Waals surface area contributed by atoms with Gasteiger partial charge in [0, 0.05) is 15.4 Å². The van der Waals surface area contributed by atoms with Crippen molar-refractivity contribution in [1.82, 2.24) is 5.32 Å². The number of thiophene rings is 1. The topological polar surface area (TPSA) is 12.0 Å². The second-order valence-electron chi connectivity index (χ2n) is 4.67. The van der Waals surface area contributed by atoms with Crippen molar-refractivity contribution < 1.29 is 0 Å². The molecule has 0 spiro atoms. The molecule has 16 heavy (non-hydrogen) atoms. The molecule has 1 N–H and O–H groups in total. The highest BCUT2D eigenvalue weighted by Gasteiger charge is 2.23. The van der Waals surface area contributed by atoms with Gasteiger partial charge in [-0.25, -0.2) is 0 Å². The smallest absolute Gasteiger partial charge is 0.0454 e. The second-order valence-corrected chi connectivity index (χ2v) is 6.47. The molecule has 3 heteroatoms. The van der Waals surface area contributed by atoms with Gasteiger partial charge in [-0.15, -0.1) is 11.3 Å². The average molecular weight is 304 g/mol. The summed E-state index contributed by atoms with van der Waals surface area (Å²) in [5.41, 5.74) is 0. The van der Waals surface area contributed by atoms with E-state index in [1.807, 2.05) is 11.3 Å². The summed E-state index contributed by atoms with van der Waals surface area (Å²) >= 11 is 5.49. The predicted octanol–water partition coefficient (Wildman–Crippen LogP) is 4.84. The number of hydrogen-bond acceptors (Lipinski definition) is 2. The molecule has 1 heterocycles. The fraction of sp³-hybridized carbons (Fsp3) is 0.692. The van der Waals surface area contributed by atoms with Gasteiger partial charge in [-0.2, -0.15) is 0 Å². The van der Waals surface area contributed by atoms with Gasteiger partial charge in [-0.05, 0) is 52.2 Å². The maximum atomic E-state index is 3.67.